The minimum Gasteiger partial charge on any atom is -0.493 e. The van der Waals surface area contributed by atoms with Gasteiger partial charge in [0.15, 0.2) is 0 Å². The Morgan fingerprint density at radius 1 is 1.00 bits per heavy atom. The maximum Gasteiger partial charge on any atom is 0.338 e. The molecular formula is C24H29NO4. The molecule has 1 saturated carbocycles. The van der Waals surface area contributed by atoms with Crippen molar-refractivity contribution < 1.29 is 19.1 Å². The Morgan fingerprint density at radius 2 is 1.72 bits per heavy atom. The van der Waals surface area contributed by atoms with Crippen LogP contribution in [0.3, 0.4) is 0 Å². The van der Waals surface area contributed by atoms with E-state index >= 15 is 0 Å². The van der Waals surface area contributed by atoms with Gasteiger partial charge in [-0.1, -0.05) is 24.6 Å². The van der Waals surface area contributed by atoms with Crippen molar-refractivity contribution in [1.29, 1.82) is 0 Å². The molecule has 5 nitrogen and oxygen atoms in total. The molecule has 0 radical (unpaired) electrons. The second-order valence-electron chi connectivity index (χ2n) is 7.51. The zero-order valence-corrected chi connectivity index (χ0v) is 17.0. The summed E-state index contributed by atoms with van der Waals surface area (Å²) in [5, 5.41) is 2.85. The molecule has 29 heavy (non-hydrogen) atoms. The summed E-state index contributed by atoms with van der Waals surface area (Å²) in [6.45, 7) is 2.49. The first-order chi connectivity index (χ1) is 14.1. The first-order valence-electron chi connectivity index (χ1n) is 10.4. The minimum absolute atomic E-state index is 0.0394. The lowest BCUT2D eigenvalue weighted by Gasteiger charge is -2.21. The van der Waals surface area contributed by atoms with E-state index in [1.807, 2.05) is 31.2 Å². The SMILES string of the molecule is Cc1ccccc1OCCCC(=O)Nc1ccc(C(=O)OC2CCCCC2)cc1. The summed E-state index contributed by atoms with van der Waals surface area (Å²) in [4.78, 5) is 24.4. The average molecular weight is 395 g/mol. The van der Waals surface area contributed by atoms with Crippen LogP contribution >= 0.6 is 0 Å². The van der Waals surface area contributed by atoms with Crippen LogP contribution in [0.1, 0.15) is 60.9 Å². The first-order valence-corrected chi connectivity index (χ1v) is 10.4. The quantitative estimate of drug-likeness (QED) is 0.488. The number of benzene rings is 2. The number of aryl methyl sites for hydroxylation is 1. The lowest BCUT2D eigenvalue weighted by molar-refractivity contribution is -0.116. The maximum atomic E-state index is 12.2. The Bertz CT molecular complexity index is 810. The molecule has 0 saturated heterocycles. The Kier molecular flexibility index (Phi) is 7.68. The number of carbonyl (C=O) groups excluding carboxylic acids is 2. The predicted molar refractivity (Wildman–Crippen MR) is 113 cm³/mol. The second kappa shape index (κ2) is 10.6. The number of carbonyl (C=O) groups is 2. The number of hydrogen-bond acceptors (Lipinski definition) is 4. The van der Waals surface area contributed by atoms with E-state index in [-0.39, 0.29) is 18.0 Å². The first kappa shape index (κ1) is 20.9. The zero-order valence-electron chi connectivity index (χ0n) is 17.0. The van der Waals surface area contributed by atoms with Crippen LogP contribution < -0.4 is 10.1 Å². The number of para-hydroxylation sites is 1. The highest BCUT2D eigenvalue weighted by atomic mass is 16.5. The molecule has 1 aliphatic rings. The molecule has 0 aromatic heterocycles. The second-order valence-corrected chi connectivity index (χ2v) is 7.51. The van der Waals surface area contributed by atoms with Gasteiger partial charge >= 0.3 is 5.97 Å². The lowest BCUT2D eigenvalue weighted by atomic mass is 9.98. The summed E-state index contributed by atoms with van der Waals surface area (Å²) >= 11 is 0. The molecule has 0 unspecified atom stereocenters. The van der Waals surface area contributed by atoms with E-state index in [0.29, 0.717) is 30.7 Å². The van der Waals surface area contributed by atoms with Gasteiger partial charge in [-0.15, -0.1) is 0 Å². The van der Waals surface area contributed by atoms with Gasteiger partial charge in [0.25, 0.3) is 0 Å². The van der Waals surface area contributed by atoms with Crippen LogP contribution in [0, 0.1) is 6.92 Å². The highest BCUT2D eigenvalue weighted by Crippen LogP contribution is 2.22. The number of rotatable bonds is 8. The fourth-order valence-corrected chi connectivity index (χ4v) is 3.45. The summed E-state index contributed by atoms with van der Waals surface area (Å²) in [5.74, 6) is 0.489. The molecule has 2 aromatic rings. The third-order valence-electron chi connectivity index (χ3n) is 5.13. The van der Waals surface area contributed by atoms with Gasteiger partial charge < -0.3 is 14.8 Å². The van der Waals surface area contributed by atoms with Crippen molar-refractivity contribution in [3.63, 3.8) is 0 Å². The van der Waals surface area contributed by atoms with Crippen LogP contribution in [0.2, 0.25) is 0 Å². The van der Waals surface area contributed by atoms with Crippen molar-refractivity contribution in [2.75, 3.05) is 11.9 Å². The van der Waals surface area contributed by atoms with Crippen molar-refractivity contribution >= 4 is 17.6 Å². The molecule has 0 spiro atoms. The highest BCUT2D eigenvalue weighted by molar-refractivity contribution is 5.93. The molecule has 5 heteroatoms. The zero-order chi connectivity index (χ0) is 20.5. The smallest absolute Gasteiger partial charge is 0.338 e. The van der Waals surface area contributed by atoms with Crippen molar-refractivity contribution in [3.8, 4) is 5.75 Å². The van der Waals surface area contributed by atoms with Gasteiger partial charge in [0.1, 0.15) is 11.9 Å². The van der Waals surface area contributed by atoms with Crippen LogP contribution in [0.4, 0.5) is 5.69 Å². The third-order valence-corrected chi connectivity index (χ3v) is 5.13. The van der Waals surface area contributed by atoms with Gasteiger partial charge in [-0.3, -0.25) is 4.79 Å². The number of ether oxygens (including phenoxy) is 2. The van der Waals surface area contributed by atoms with Crippen LogP contribution in [-0.4, -0.2) is 24.6 Å². The van der Waals surface area contributed by atoms with Crippen LogP contribution in [-0.2, 0) is 9.53 Å². The normalized spacial score (nSPS) is 14.2. The molecule has 2 aromatic carbocycles. The third kappa shape index (κ3) is 6.63. The van der Waals surface area contributed by atoms with E-state index in [1.165, 1.54) is 6.42 Å². The molecular weight excluding hydrogens is 366 g/mol. The van der Waals surface area contributed by atoms with Gasteiger partial charge in [0, 0.05) is 12.1 Å². The molecule has 0 heterocycles. The molecule has 1 aliphatic carbocycles. The van der Waals surface area contributed by atoms with Crippen molar-refractivity contribution in [2.24, 2.45) is 0 Å². The molecule has 1 amide bonds. The molecule has 0 bridgehead atoms. The van der Waals surface area contributed by atoms with Gasteiger partial charge in [0.2, 0.25) is 5.91 Å². The average Bonchev–Trinajstić information content (AvgIpc) is 2.73. The fraction of sp³-hybridized carbons (Fsp3) is 0.417. The largest absolute Gasteiger partial charge is 0.493 e. The summed E-state index contributed by atoms with van der Waals surface area (Å²) in [5.41, 5.74) is 2.27. The molecule has 1 N–H and O–H groups in total. The number of esters is 1. The number of amides is 1. The molecule has 0 aliphatic heterocycles. The van der Waals surface area contributed by atoms with E-state index in [4.69, 9.17) is 9.47 Å². The summed E-state index contributed by atoms with van der Waals surface area (Å²) in [7, 11) is 0. The van der Waals surface area contributed by atoms with Gasteiger partial charge in [-0.2, -0.15) is 0 Å². The van der Waals surface area contributed by atoms with E-state index in [9.17, 15) is 9.59 Å². The topological polar surface area (TPSA) is 64.6 Å². The Balaban J connectivity index is 1.39. The van der Waals surface area contributed by atoms with Crippen LogP contribution in [0.5, 0.6) is 5.75 Å². The highest BCUT2D eigenvalue weighted by Gasteiger charge is 2.18. The van der Waals surface area contributed by atoms with Gasteiger partial charge in [0.05, 0.1) is 12.2 Å². The number of nitrogens with one attached hydrogen (secondary N) is 1. The van der Waals surface area contributed by atoms with E-state index < -0.39 is 0 Å². The van der Waals surface area contributed by atoms with Crippen LogP contribution in [0.25, 0.3) is 0 Å². The number of hydrogen-bond donors (Lipinski definition) is 1. The molecule has 3 rings (SSSR count). The minimum atomic E-state index is -0.289. The monoisotopic (exact) mass is 395 g/mol. The maximum absolute atomic E-state index is 12.2. The van der Waals surface area contributed by atoms with Crippen molar-refractivity contribution in [1.82, 2.24) is 0 Å². The Labute approximate surface area is 172 Å². The fourth-order valence-electron chi connectivity index (χ4n) is 3.45. The van der Waals surface area contributed by atoms with E-state index in [2.05, 4.69) is 5.32 Å². The standard InChI is InChI=1S/C24H29NO4/c1-18-8-5-6-11-22(18)28-17-7-12-23(26)25-20-15-13-19(14-16-20)24(27)29-21-9-3-2-4-10-21/h5-6,8,11,13-16,21H,2-4,7,9-10,12,17H2,1H3,(H,25,26). The van der Waals surface area contributed by atoms with Gasteiger partial charge in [-0.05, 0) is 74.9 Å². The molecule has 0 atom stereocenters. The summed E-state index contributed by atoms with van der Waals surface area (Å²) in [6.07, 6.45) is 6.42. The molecule has 1 fully saturated rings. The van der Waals surface area contributed by atoms with Crippen molar-refractivity contribution in [3.05, 3.63) is 59.7 Å². The van der Waals surface area contributed by atoms with Crippen LogP contribution in [0.15, 0.2) is 48.5 Å². The van der Waals surface area contributed by atoms with E-state index in [1.54, 1.807) is 24.3 Å². The van der Waals surface area contributed by atoms with Gasteiger partial charge in [-0.25, -0.2) is 4.79 Å². The lowest BCUT2D eigenvalue weighted by Crippen LogP contribution is -2.21. The Hall–Kier alpha value is -2.82. The molecule has 154 valence electrons. The number of anilines is 1. The predicted octanol–water partition coefficient (Wildman–Crippen LogP) is 5.28. The Morgan fingerprint density at radius 3 is 2.45 bits per heavy atom. The van der Waals surface area contributed by atoms with Crippen molar-refractivity contribution in [2.45, 2.75) is 58.0 Å². The summed E-state index contributed by atoms with van der Waals surface area (Å²) in [6, 6.07) is 14.7. The summed E-state index contributed by atoms with van der Waals surface area (Å²) < 4.78 is 11.3. The van der Waals surface area contributed by atoms with E-state index in [0.717, 1.165) is 37.0 Å².